The number of carbonyl (C=O) groups excluding carboxylic acids is 1. The minimum absolute atomic E-state index is 0.281. The molecular weight excluding hydrogens is 301 g/mol. The standard InChI is InChI=1S/C16H18FN3O3/c1-3-6-20-9-12(8-18-20)15(21)19-14(16(22)23)11-4-5-13(17)10(2)7-11/h4-5,7-9,14H,3,6H2,1-2H3,(H,19,21)(H,22,23). The van der Waals surface area contributed by atoms with E-state index in [1.165, 1.54) is 31.3 Å². The maximum atomic E-state index is 13.3. The van der Waals surface area contributed by atoms with Crippen LogP contribution in [0.2, 0.25) is 0 Å². The van der Waals surface area contributed by atoms with Crippen LogP contribution in [0.5, 0.6) is 0 Å². The number of halogens is 1. The number of carbonyl (C=O) groups is 2. The molecule has 0 aliphatic heterocycles. The van der Waals surface area contributed by atoms with Crippen LogP contribution in [0, 0.1) is 12.7 Å². The Labute approximate surface area is 132 Å². The van der Waals surface area contributed by atoms with Crippen molar-refractivity contribution in [1.29, 1.82) is 0 Å². The second-order valence-electron chi connectivity index (χ2n) is 5.25. The van der Waals surface area contributed by atoms with Gasteiger partial charge in [0.15, 0.2) is 6.04 Å². The third-order valence-electron chi connectivity index (χ3n) is 3.39. The molecule has 0 saturated heterocycles. The van der Waals surface area contributed by atoms with E-state index >= 15 is 0 Å². The summed E-state index contributed by atoms with van der Waals surface area (Å²) in [4.78, 5) is 23.6. The van der Waals surface area contributed by atoms with Crippen molar-refractivity contribution in [3.8, 4) is 0 Å². The fraction of sp³-hybridized carbons (Fsp3) is 0.312. The van der Waals surface area contributed by atoms with E-state index in [1.807, 2.05) is 6.92 Å². The number of rotatable bonds is 6. The van der Waals surface area contributed by atoms with E-state index in [2.05, 4.69) is 10.4 Å². The van der Waals surface area contributed by atoms with Crippen LogP contribution in [0.15, 0.2) is 30.6 Å². The molecule has 1 aromatic carbocycles. The number of nitrogens with zero attached hydrogens (tertiary/aromatic N) is 2. The van der Waals surface area contributed by atoms with Crippen molar-refractivity contribution in [2.45, 2.75) is 32.9 Å². The van der Waals surface area contributed by atoms with Crippen LogP contribution in [0.25, 0.3) is 0 Å². The van der Waals surface area contributed by atoms with Crippen molar-refractivity contribution in [1.82, 2.24) is 15.1 Å². The van der Waals surface area contributed by atoms with E-state index in [0.717, 1.165) is 6.42 Å². The smallest absolute Gasteiger partial charge is 0.330 e. The van der Waals surface area contributed by atoms with Gasteiger partial charge in [-0.15, -0.1) is 0 Å². The van der Waals surface area contributed by atoms with Gasteiger partial charge in [0.1, 0.15) is 5.82 Å². The lowest BCUT2D eigenvalue weighted by Crippen LogP contribution is -2.33. The van der Waals surface area contributed by atoms with Crippen LogP contribution >= 0.6 is 0 Å². The molecule has 0 fully saturated rings. The summed E-state index contributed by atoms with van der Waals surface area (Å²) >= 11 is 0. The Kier molecular flexibility index (Phi) is 5.10. The molecule has 1 unspecified atom stereocenters. The Morgan fingerprint density at radius 3 is 2.78 bits per heavy atom. The average molecular weight is 319 g/mol. The largest absolute Gasteiger partial charge is 0.479 e. The van der Waals surface area contributed by atoms with E-state index in [1.54, 1.807) is 10.9 Å². The monoisotopic (exact) mass is 319 g/mol. The van der Waals surface area contributed by atoms with Crippen LogP contribution < -0.4 is 5.32 Å². The van der Waals surface area contributed by atoms with Crippen LogP contribution in [-0.4, -0.2) is 26.8 Å². The number of amides is 1. The quantitative estimate of drug-likeness (QED) is 0.855. The minimum atomic E-state index is -1.25. The molecule has 122 valence electrons. The van der Waals surface area contributed by atoms with Crippen molar-refractivity contribution in [3.63, 3.8) is 0 Å². The molecule has 2 rings (SSSR count). The van der Waals surface area contributed by atoms with E-state index in [-0.39, 0.29) is 5.56 Å². The number of hydrogen-bond acceptors (Lipinski definition) is 3. The Balaban J connectivity index is 2.19. The first kappa shape index (κ1) is 16.7. The van der Waals surface area contributed by atoms with E-state index in [9.17, 15) is 19.1 Å². The summed E-state index contributed by atoms with van der Waals surface area (Å²) in [6.07, 6.45) is 3.82. The van der Waals surface area contributed by atoms with Gasteiger partial charge in [0, 0.05) is 12.7 Å². The van der Waals surface area contributed by atoms with Crippen LogP contribution in [0.3, 0.4) is 0 Å². The highest BCUT2D eigenvalue weighted by Crippen LogP contribution is 2.18. The zero-order chi connectivity index (χ0) is 17.0. The summed E-state index contributed by atoms with van der Waals surface area (Å²) in [6.45, 7) is 4.19. The molecule has 1 atom stereocenters. The summed E-state index contributed by atoms with van der Waals surface area (Å²) in [5, 5.41) is 15.8. The van der Waals surface area contributed by atoms with Crippen LogP contribution in [-0.2, 0) is 11.3 Å². The average Bonchev–Trinajstić information content (AvgIpc) is 2.96. The summed E-state index contributed by atoms with van der Waals surface area (Å²) < 4.78 is 14.9. The minimum Gasteiger partial charge on any atom is -0.479 e. The first-order valence-electron chi connectivity index (χ1n) is 7.24. The molecule has 0 saturated carbocycles. The maximum absolute atomic E-state index is 13.3. The molecule has 0 bridgehead atoms. The van der Waals surface area contributed by atoms with Crippen molar-refractivity contribution in [3.05, 3.63) is 53.1 Å². The number of hydrogen-bond donors (Lipinski definition) is 2. The highest BCUT2D eigenvalue weighted by molar-refractivity contribution is 5.96. The first-order valence-corrected chi connectivity index (χ1v) is 7.24. The first-order chi connectivity index (χ1) is 10.9. The Hall–Kier alpha value is -2.70. The van der Waals surface area contributed by atoms with Gasteiger partial charge in [-0.3, -0.25) is 9.48 Å². The molecule has 1 heterocycles. The van der Waals surface area contributed by atoms with Crippen LogP contribution in [0.1, 0.15) is 40.9 Å². The molecule has 0 aliphatic carbocycles. The Morgan fingerprint density at radius 1 is 1.43 bits per heavy atom. The van der Waals surface area contributed by atoms with Crippen molar-refractivity contribution in [2.24, 2.45) is 0 Å². The maximum Gasteiger partial charge on any atom is 0.330 e. The highest BCUT2D eigenvalue weighted by Gasteiger charge is 2.23. The molecule has 0 aliphatic rings. The lowest BCUT2D eigenvalue weighted by atomic mass is 10.0. The number of aliphatic carboxylic acids is 1. The number of nitrogens with one attached hydrogen (secondary N) is 1. The summed E-state index contributed by atoms with van der Waals surface area (Å²) in [5.74, 6) is -2.18. The normalized spacial score (nSPS) is 12.0. The highest BCUT2D eigenvalue weighted by atomic mass is 19.1. The second kappa shape index (κ2) is 7.04. The van der Waals surface area contributed by atoms with Gasteiger partial charge in [0.25, 0.3) is 5.91 Å². The third kappa shape index (κ3) is 3.94. The van der Waals surface area contributed by atoms with Crippen LogP contribution in [0.4, 0.5) is 4.39 Å². The Bertz CT molecular complexity index is 727. The molecule has 1 amide bonds. The topological polar surface area (TPSA) is 84.2 Å². The molecular formula is C16H18FN3O3. The number of carboxylic acid groups (broad SMARTS) is 1. The molecule has 23 heavy (non-hydrogen) atoms. The number of carboxylic acids is 1. The lowest BCUT2D eigenvalue weighted by molar-refractivity contribution is -0.139. The van der Waals surface area contributed by atoms with Gasteiger partial charge in [-0.2, -0.15) is 5.10 Å². The molecule has 1 aromatic heterocycles. The van der Waals surface area contributed by atoms with Gasteiger partial charge >= 0.3 is 5.97 Å². The summed E-state index contributed by atoms with van der Waals surface area (Å²) in [5.41, 5.74) is 0.910. The predicted molar refractivity (Wildman–Crippen MR) is 81.5 cm³/mol. The SMILES string of the molecule is CCCn1cc(C(=O)NC(C(=O)O)c2ccc(F)c(C)c2)cn1. The van der Waals surface area contributed by atoms with E-state index in [4.69, 9.17) is 0 Å². The molecule has 0 spiro atoms. The zero-order valence-electron chi connectivity index (χ0n) is 12.9. The molecule has 0 radical (unpaired) electrons. The van der Waals surface area contributed by atoms with Crippen molar-refractivity contribution >= 4 is 11.9 Å². The number of aryl methyl sites for hydroxylation is 2. The molecule has 2 N–H and O–H groups in total. The van der Waals surface area contributed by atoms with Crippen molar-refractivity contribution < 1.29 is 19.1 Å². The van der Waals surface area contributed by atoms with Gasteiger partial charge in [-0.1, -0.05) is 19.1 Å². The zero-order valence-corrected chi connectivity index (χ0v) is 12.9. The molecule has 6 nitrogen and oxygen atoms in total. The van der Waals surface area contributed by atoms with Gasteiger partial charge in [-0.25, -0.2) is 9.18 Å². The molecule has 2 aromatic rings. The fourth-order valence-electron chi connectivity index (χ4n) is 2.18. The van der Waals surface area contributed by atoms with E-state index < -0.39 is 23.7 Å². The molecule has 7 heteroatoms. The van der Waals surface area contributed by atoms with Gasteiger partial charge in [0.2, 0.25) is 0 Å². The predicted octanol–water partition coefficient (Wildman–Crippen LogP) is 2.30. The Morgan fingerprint density at radius 2 is 2.17 bits per heavy atom. The van der Waals surface area contributed by atoms with E-state index in [0.29, 0.717) is 17.7 Å². The van der Waals surface area contributed by atoms with Gasteiger partial charge in [-0.05, 0) is 30.5 Å². The van der Waals surface area contributed by atoms with Crippen molar-refractivity contribution in [2.75, 3.05) is 0 Å². The second-order valence-corrected chi connectivity index (χ2v) is 5.25. The van der Waals surface area contributed by atoms with Gasteiger partial charge in [0.05, 0.1) is 11.8 Å². The fourth-order valence-corrected chi connectivity index (χ4v) is 2.18. The third-order valence-corrected chi connectivity index (χ3v) is 3.39. The summed E-state index contributed by atoms with van der Waals surface area (Å²) in [6, 6.07) is 2.69. The van der Waals surface area contributed by atoms with Gasteiger partial charge < -0.3 is 10.4 Å². The summed E-state index contributed by atoms with van der Waals surface area (Å²) in [7, 11) is 0. The lowest BCUT2D eigenvalue weighted by Gasteiger charge is -2.15. The number of aromatic nitrogens is 2. The number of benzene rings is 1.